The Bertz CT molecular complexity index is 1020. The molecule has 27 heavy (non-hydrogen) atoms. The molecule has 0 saturated heterocycles. The van der Waals surface area contributed by atoms with Crippen LogP contribution in [0.5, 0.6) is 0 Å². The third-order valence-electron chi connectivity index (χ3n) is 5.17. The minimum absolute atomic E-state index is 0.0899. The van der Waals surface area contributed by atoms with Gasteiger partial charge in [-0.1, -0.05) is 36.4 Å². The third kappa shape index (κ3) is 2.99. The summed E-state index contributed by atoms with van der Waals surface area (Å²) < 4.78 is 7.04. The van der Waals surface area contributed by atoms with E-state index in [2.05, 4.69) is 0 Å². The summed E-state index contributed by atoms with van der Waals surface area (Å²) in [7, 11) is 1.90. The molecule has 0 N–H and O–H groups in total. The van der Waals surface area contributed by atoms with Gasteiger partial charge in [-0.05, 0) is 37.1 Å². The van der Waals surface area contributed by atoms with Crippen LogP contribution in [0.25, 0.3) is 10.9 Å². The number of benzene rings is 2. The van der Waals surface area contributed by atoms with Gasteiger partial charge in [-0.2, -0.15) is 0 Å². The Morgan fingerprint density at radius 2 is 1.85 bits per heavy atom. The second kappa shape index (κ2) is 6.91. The molecule has 138 valence electrons. The van der Waals surface area contributed by atoms with Crippen LogP contribution in [0, 0.1) is 0 Å². The summed E-state index contributed by atoms with van der Waals surface area (Å²) in [6.07, 6.45) is 0.850. The Morgan fingerprint density at radius 1 is 1.11 bits per heavy atom. The smallest absolute Gasteiger partial charge is 0.307 e. The summed E-state index contributed by atoms with van der Waals surface area (Å²) in [5.74, 6) is -0.363. The Balaban J connectivity index is 1.74. The normalized spacial score (nSPS) is 15.8. The molecule has 5 nitrogen and oxygen atoms in total. The van der Waals surface area contributed by atoms with Gasteiger partial charge in [0, 0.05) is 23.6 Å². The van der Waals surface area contributed by atoms with Gasteiger partial charge in [0.25, 0.3) is 5.91 Å². The SMILES string of the molecule is CCOC(=O)CC1Cc2ccccc2N1C(=O)c1cc2ccccc2n1C. The Morgan fingerprint density at radius 3 is 2.63 bits per heavy atom. The van der Waals surface area contributed by atoms with Crippen LogP contribution in [-0.2, 0) is 23.0 Å². The van der Waals surface area contributed by atoms with Gasteiger partial charge < -0.3 is 14.2 Å². The fourth-order valence-corrected chi connectivity index (χ4v) is 3.93. The maximum Gasteiger partial charge on any atom is 0.307 e. The molecule has 1 aliphatic rings. The molecular formula is C22H22N2O3. The molecule has 1 aromatic heterocycles. The van der Waals surface area contributed by atoms with E-state index >= 15 is 0 Å². The van der Waals surface area contributed by atoms with Crippen LogP contribution >= 0.6 is 0 Å². The van der Waals surface area contributed by atoms with E-state index in [1.807, 2.05) is 66.2 Å². The predicted molar refractivity (Wildman–Crippen MR) is 105 cm³/mol. The molecule has 0 fully saturated rings. The zero-order chi connectivity index (χ0) is 19.0. The van der Waals surface area contributed by atoms with Gasteiger partial charge >= 0.3 is 5.97 Å². The molecule has 0 spiro atoms. The van der Waals surface area contributed by atoms with Crippen molar-refractivity contribution >= 4 is 28.5 Å². The maximum atomic E-state index is 13.5. The van der Waals surface area contributed by atoms with Crippen LogP contribution in [0.4, 0.5) is 5.69 Å². The zero-order valence-corrected chi connectivity index (χ0v) is 15.5. The van der Waals surface area contributed by atoms with E-state index in [0.717, 1.165) is 22.2 Å². The maximum absolute atomic E-state index is 13.5. The van der Waals surface area contributed by atoms with Crippen molar-refractivity contribution in [2.45, 2.75) is 25.8 Å². The lowest BCUT2D eigenvalue weighted by atomic mass is 10.1. The summed E-state index contributed by atoms with van der Waals surface area (Å²) in [4.78, 5) is 27.4. The number of rotatable bonds is 4. The average molecular weight is 362 g/mol. The topological polar surface area (TPSA) is 51.5 Å². The standard InChI is InChI=1S/C22H22N2O3/c1-3-27-21(25)14-17-12-15-8-5-7-11-19(15)24(17)22(26)20-13-16-9-4-6-10-18(16)23(20)2/h4-11,13,17H,3,12,14H2,1-2H3. The number of aryl methyl sites for hydroxylation is 1. The van der Waals surface area contributed by atoms with Crippen molar-refractivity contribution in [2.75, 3.05) is 11.5 Å². The van der Waals surface area contributed by atoms with Crippen LogP contribution in [0.1, 0.15) is 29.4 Å². The molecular weight excluding hydrogens is 340 g/mol. The quantitative estimate of drug-likeness (QED) is 0.665. The number of carbonyl (C=O) groups excluding carboxylic acids is 2. The number of hydrogen-bond acceptors (Lipinski definition) is 3. The highest BCUT2D eigenvalue weighted by molar-refractivity contribution is 6.09. The largest absolute Gasteiger partial charge is 0.466 e. The number of fused-ring (bicyclic) bond motifs is 2. The third-order valence-corrected chi connectivity index (χ3v) is 5.17. The fraction of sp³-hybridized carbons (Fsp3) is 0.273. The molecule has 0 bridgehead atoms. The Labute approximate surface area is 158 Å². The van der Waals surface area contributed by atoms with E-state index in [4.69, 9.17) is 4.74 Å². The average Bonchev–Trinajstić information content (AvgIpc) is 3.19. The molecule has 1 aliphatic heterocycles. The first-order valence-corrected chi connectivity index (χ1v) is 9.21. The Hall–Kier alpha value is -3.08. The second-order valence-electron chi connectivity index (χ2n) is 6.82. The van der Waals surface area contributed by atoms with Crippen LogP contribution in [0.15, 0.2) is 54.6 Å². The summed E-state index contributed by atoms with van der Waals surface area (Å²) in [6, 6.07) is 17.5. The first-order chi connectivity index (χ1) is 13.1. The molecule has 0 aliphatic carbocycles. The van der Waals surface area contributed by atoms with Crippen molar-refractivity contribution in [3.63, 3.8) is 0 Å². The number of esters is 1. The van der Waals surface area contributed by atoms with Crippen molar-refractivity contribution in [3.05, 3.63) is 65.9 Å². The van der Waals surface area contributed by atoms with Crippen molar-refractivity contribution in [1.29, 1.82) is 0 Å². The summed E-state index contributed by atoms with van der Waals surface area (Å²) >= 11 is 0. The molecule has 1 atom stereocenters. The highest BCUT2D eigenvalue weighted by atomic mass is 16.5. The van der Waals surface area contributed by atoms with E-state index in [1.165, 1.54) is 0 Å². The molecule has 1 amide bonds. The number of amides is 1. The lowest BCUT2D eigenvalue weighted by Gasteiger charge is -2.25. The van der Waals surface area contributed by atoms with Gasteiger partial charge in [-0.3, -0.25) is 9.59 Å². The van der Waals surface area contributed by atoms with E-state index in [-0.39, 0.29) is 24.3 Å². The molecule has 0 saturated carbocycles. The van der Waals surface area contributed by atoms with Crippen molar-refractivity contribution in [2.24, 2.45) is 7.05 Å². The molecule has 2 aromatic carbocycles. The lowest BCUT2D eigenvalue weighted by Crippen LogP contribution is -2.40. The number of ether oxygens (including phenoxy) is 1. The summed E-state index contributed by atoms with van der Waals surface area (Å²) in [5, 5.41) is 1.03. The van der Waals surface area contributed by atoms with Crippen molar-refractivity contribution in [3.8, 4) is 0 Å². The number of anilines is 1. The lowest BCUT2D eigenvalue weighted by molar-refractivity contribution is -0.143. The fourth-order valence-electron chi connectivity index (χ4n) is 3.93. The van der Waals surface area contributed by atoms with E-state index in [0.29, 0.717) is 18.7 Å². The summed E-state index contributed by atoms with van der Waals surface area (Å²) in [5.41, 5.74) is 3.58. The number of para-hydroxylation sites is 2. The first-order valence-electron chi connectivity index (χ1n) is 9.21. The van der Waals surface area contributed by atoms with Gasteiger partial charge in [-0.25, -0.2) is 0 Å². The van der Waals surface area contributed by atoms with Crippen LogP contribution in [0.3, 0.4) is 0 Å². The predicted octanol–water partition coefficient (Wildman–Crippen LogP) is 3.70. The van der Waals surface area contributed by atoms with E-state index in [1.54, 1.807) is 11.8 Å². The number of hydrogen-bond donors (Lipinski definition) is 0. The number of carbonyl (C=O) groups is 2. The van der Waals surface area contributed by atoms with Crippen molar-refractivity contribution < 1.29 is 14.3 Å². The highest BCUT2D eigenvalue weighted by Crippen LogP contribution is 2.35. The monoisotopic (exact) mass is 362 g/mol. The van der Waals surface area contributed by atoms with Crippen LogP contribution in [-0.4, -0.2) is 29.1 Å². The minimum Gasteiger partial charge on any atom is -0.466 e. The van der Waals surface area contributed by atoms with Gasteiger partial charge in [0.1, 0.15) is 5.69 Å². The van der Waals surface area contributed by atoms with Gasteiger partial charge in [0.2, 0.25) is 0 Å². The van der Waals surface area contributed by atoms with Crippen LogP contribution < -0.4 is 4.90 Å². The van der Waals surface area contributed by atoms with E-state index in [9.17, 15) is 9.59 Å². The molecule has 1 unspecified atom stereocenters. The molecule has 4 rings (SSSR count). The van der Waals surface area contributed by atoms with Gasteiger partial charge in [0.05, 0.1) is 19.1 Å². The van der Waals surface area contributed by atoms with Gasteiger partial charge in [-0.15, -0.1) is 0 Å². The molecule has 0 radical (unpaired) electrons. The molecule has 5 heteroatoms. The molecule has 3 aromatic rings. The Kier molecular flexibility index (Phi) is 4.44. The minimum atomic E-state index is -0.273. The number of nitrogens with zero attached hydrogens (tertiary/aromatic N) is 2. The van der Waals surface area contributed by atoms with E-state index < -0.39 is 0 Å². The zero-order valence-electron chi connectivity index (χ0n) is 15.5. The van der Waals surface area contributed by atoms with Crippen LogP contribution in [0.2, 0.25) is 0 Å². The first kappa shape index (κ1) is 17.3. The highest BCUT2D eigenvalue weighted by Gasteiger charge is 2.36. The molecule has 2 heterocycles. The van der Waals surface area contributed by atoms with Gasteiger partial charge in [0.15, 0.2) is 0 Å². The number of aromatic nitrogens is 1. The summed E-state index contributed by atoms with van der Waals surface area (Å²) in [6.45, 7) is 2.13. The van der Waals surface area contributed by atoms with Crippen molar-refractivity contribution in [1.82, 2.24) is 4.57 Å². The second-order valence-corrected chi connectivity index (χ2v) is 6.82.